The van der Waals surface area contributed by atoms with Crippen LogP contribution in [0.5, 0.6) is 5.75 Å². The molecule has 0 spiro atoms. The molecule has 3 N–H and O–H groups in total. The van der Waals surface area contributed by atoms with Crippen molar-refractivity contribution in [2.24, 2.45) is 22.7 Å². The number of carbonyl (C=O) groups excluding carboxylic acids is 3. The lowest BCUT2D eigenvalue weighted by molar-refractivity contribution is -0.133. The summed E-state index contributed by atoms with van der Waals surface area (Å²) in [6, 6.07) is 16.6. The maximum Gasteiger partial charge on any atom is 0.224 e. The van der Waals surface area contributed by atoms with Gasteiger partial charge in [0, 0.05) is 52.2 Å². The number of amides is 1. The van der Waals surface area contributed by atoms with Crippen molar-refractivity contribution in [3.05, 3.63) is 76.2 Å². The van der Waals surface area contributed by atoms with Crippen LogP contribution in [0.4, 0.5) is 0 Å². The minimum Gasteiger partial charge on any atom is -0.488 e. The number of nitrogens with zero attached hydrogens (tertiary/aromatic N) is 3. The van der Waals surface area contributed by atoms with E-state index in [1.165, 1.54) is 0 Å². The Balaban J connectivity index is 2.33. The molecule has 0 aliphatic carbocycles. The molecule has 0 fully saturated rings. The molecule has 0 radical (unpaired) electrons. The number of carbonyl (C=O) groups is 3. The zero-order valence-corrected chi connectivity index (χ0v) is 29.7. The Labute approximate surface area is 279 Å². The number of rotatable bonds is 18. The summed E-state index contributed by atoms with van der Waals surface area (Å²) in [6.07, 6.45) is 1.39. The van der Waals surface area contributed by atoms with Gasteiger partial charge in [0.05, 0.1) is 6.04 Å². The summed E-state index contributed by atoms with van der Waals surface area (Å²) >= 11 is 1.62. The number of benzene rings is 2. The Morgan fingerprint density at radius 1 is 0.913 bits per heavy atom. The maximum absolute atomic E-state index is 14.1. The van der Waals surface area contributed by atoms with E-state index in [9.17, 15) is 14.4 Å². The van der Waals surface area contributed by atoms with Gasteiger partial charge in [-0.25, -0.2) is 0 Å². The van der Waals surface area contributed by atoms with Crippen LogP contribution in [-0.4, -0.2) is 51.7 Å². The molecule has 0 aliphatic rings. The van der Waals surface area contributed by atoms with Gasteiger partial charge in [0.25, 0.3) is 0 Å². The summed E-state index contributed by atoms with van der Waals surface area (Å²) in [4.78, 5) is 43.8. The first-order valence-electron chi connectivity index (χ1n) is 16.0. The normalized spacial score (nSPS) is 14.0. The van der Waals surface area contributed by atoms with E-state index in [-0.39, 0.29) is 47.2 Å². The predicted octanol–water partition coefficient (Wildman–Crippen LogP) is 7.25. The van der Waals surface area contributed by atoms with Crippen molar-refractivity contribution in [2.45, 2.75) is 109 Å². The van der Waals surface area contributed by atoms with Crippen LogP contribution in [0.2, 0.25) is 0 Å². The summed E-state index contributed by atoms with van der Waals surface area (Å²) in [7, 11) is 0. The minimum absolute atomic E-state index is 0.0164. The summed E-state index contributed by atoms with van der Waals surface area (Å²) < 4.78 is 5.91. The molecule has 0 saturated heterocycles. The average Bonchev–Trinajstić information content (AvgIpc) is 2.96. The van der Waals surface area contributed by atoms with Crippen molar-refractivity contribution in [1.29, 1.82) is 0 Å². The van der Waals surface area contributed by atoms with Gasteiger partial charge in [-0.1, -0.05) is 68.4 Å². The molecular weight excluding hydrogens is 598 g/mol. The monoisotopic (exact) mass is 651 g/mol. The van der Waals surface area contributed by atoms with Gasteiger partial charge in [-0.05, 0) is 82.7 Å². The van der Waals surface area contributed by atoms with Gasteiger partial charge >= 0.3 is 0 Å². The molecule has 2 rings (SSSR count). The lowest BCUT2D eigenvalue weighted by Gasteiger charge is -2.36. The zero-order valence-electron chi connectivity index (χ0n) is 28.8. The van der Waals surface area contributed by atoms with Crippen LogP contribution in [0.15, 0.2) is 59.7 Å². The number of ether oxygens (including phenoxy) is 1. The highest BCUT2D eigenvalue weighted by Crippen LogP contribution is 2.28. The lowest BCUT2D eigenvalue weighted by atomic mass is 9.78. The van der Waals surface area contributed by atoms with E-state index in [1.807, 2.05) is 89.2 Å². The van der Waals surface area contributed by atoms with Gasteiger partial charge < -0.3 is 15.8 Å². The number of thioether (sulfide) groups is 1. The van der Waals surface area contributed by atoms with E-state index < -0.39 is 23.4 Å². The molecule has 0 saturated carbocycles. The third-order valence-corrected chi connectivity index (χ3v) is 8.88. The molecule has 0 heterocycles. The Morgan fingerprint density at radius 2 is 1.52 bits per heavy atom. The van der Waals surface area contributed by atoms with Crippen molar-refractivity contribution in [3.63, 3.8) is 0 Å². The molecule has 1 amide bonds. The van der Waals surface area contributed by atoms with Crippen LogP contribution >= 0.6 is 11.8 Å². The second-order valence-corrected chi connectivity index (χ2v) is 16.3. The highest BCUT2D eigenvalue weighted by Gasteiger charge is 2.38. The molecule has 46 heavy (non-hydrogen) atoms. The second kappa shape index (κ2) is 17.5. The number of nitrogens with two attached hydrogens (primary N) is 1. The molecule has 10 heteroatoms. The number of hydrogen-bond acceptors (Lipinski definition) is 7. The number of azide groups is 1. The minimum atomic E-state index is -0.932. The van der Waals surface area contributed by atoms with Crippen LogP contribution in [-0.2, 0) is 27.2 Å². The molecule has 0 aromatic heterocycles. The molecule has 0 bridgehead atoms. The number of nitrogens with one attached hydrogen (secondary N) is 1. The van der Waals surface area contributed by atoms with Crippen LogP contribution in [0.25, 0.3) is 10.4 Å². The van der Waals surface area contributed by atoms with Crippen molar-refractivity contribution in [3.8, 4) is 5.75 Å². The fourth-order valence-electron chi connectivity index (χ4n) is 5.09. The fraction of sp³-hybridized carbons (Fsp3) is 0.583. The lowest BCUT2D eigenvalue weighted by Crippen LogP contribution is -2.54. The van der Waals surface area contributed by atoms with Crippen molar-refractivity contribution < 1.29 is 19.1 Å². The van der Waals surface area contributed by atoms with Gasteiger partial charge in [0.1, 0.15) is 17.1 Å². The summed E-state index contributed by atoms with van der Waals surface area (Å²) in [5.74, 6) is -0.542. The largest absolute Gasteiger partial charge is 0.488 e. The average molecular weight is 652 g/mol. The van der Waals surface area contributed by atoms with Gasteiger partial charge in [0.15, 0.2) is 5.78 Å². The van der Waals surface area contributed by atoms with Crippen LogP contribution < -0.4 is 15.8 Å². The third-order valence-electron chi connectivity index (χ3n) is 7.49. The summed E-state index contributed by atoms with van der Waals surface area (Å²) in [5.41, 5.74) is 15.5. The predicted molar refractivity (Wildman–Crippen MR) is 188 cm³/mol. The van der Waals surface area contributed by atoms with E-state index in [1.54, 1.807) is 11.8 Å². The molecular formula is C36H53N5O4S. The number of ketones is 2. The molecule has 2 aromatic rings. The molecule has 0 unspecified atom stereocenters. The molecule has 0 aliphatic heterocycles. The van der Waals surface area contributed by atoms with Gasteiger partial charge in [0.2, 0.25) is 5.91 Å². The van der Waals surface area contributed by atoms with Gasteiger partial charge in [-0.2, -0.15) is 11.8 Å². The molecule has 2 aromatic carbocycles. The van der Waals surface area contributed by atoms with Crippen LogP contribution in [0.3, 0.4) is 0 Å². The van der Waals surface area contributed by atoms with E-state index in [4.69, 9.17) is 16.0 Å². The zero-order chi connectivity index (χ0) is 34.5. The highest BCUT2D eigenvalue weighted by atomic mass is 32.2. The number of hydrogen-bond donors (Lipinski definition) is 2. The SMILES string of the molecule is CC(C)(C)Oc1ccc(C[C@H](CC(=O)[C@@H](N)CSC(C)(C)C)C(=O)NC(C)(C)[C@@H](Cc2ccccc2)C(=O)CCCN=[N+]=[N-])cc1. The third kappa shape index (κ3) is 14.4. The van der Waals surface area contributed by atoms with Crippen molar-refractivity contribution >= 4 is 29.2 Å². The fourth-order valence-corrected chi connectivity index (χ4v) is 5.95. The van der Waals surface area contributed by atoms with Crippen LogP contribution in [0.1, 0.15) is 85.8 Å². The number of Topliss-reactive ketones (excluding diaryl/α,β-unsaturated/α-hetero) is 2. The standard InChI is InChI=1S/C36H53N5O4S/c1-34(2,3)45-28-18-16-26(17-19-28)21-27(23-32(43)30(37)24-46-35(4,5)6)33(44)40-36(7,8)29(22-25-13-10-9-11-14-25)31(42)15-12-20-39-41-38/h9-11,13-14,16-19,27,29-30H,12,15,20-24,37H2,1-8H3,(H,40,44)/t27-,29+,30+/m1/s1. The van der Waals surface area contributed by atoms with E-state index in [0.29, 0.717) is 25.0 Å². The Kier molecular flexibility index (Phi) is 14.8. The Morgan fingerprint density at radius 3 is 2.09 bits per heavy atom. The Hall–Kier alpha value is -3.33. The quantitative estimate of drug-likeness (QED) is 0.0751. The van der Waals surface area contributed by atoms with Crippen molar-refractivity contribution in [1.82, 2.24) is 5.32 Å². The summed E-state index contributed by atoms with van der Waals surface area (Å²) in [5, 5.41) is 6.72. The Bertz CT molecular complexity index is 1330. The smallest absolute Gasteiger partial charge is 0.224 e. The van der Waals surface area contributed by atoms with E-state index in [0.717, 1.165) is 16.9 Å². The van der Waals surface area contributed by atoms with Crippen molar-refractivity contribution in [2.75, 3.05) is 12.3 Å². The second-order valence-electron chi connectivity index (χ2n) is 14.4. The van der Waals surface area contributed by atoms with Gasteiger partial charge in [-0.3, -0.25) is 14.4 Å². The first kappa shape index (κ1) is 38.9. The molecule has 3 atom stereocenters. The first-order valence-corrected chi connectivity index (χ1v) is 17.0. The molecule has 9 nitrogen and oxygen atoms in total. The topological polar surface area (TPSA) is 147 Å². The first-order chi connectivity index (χ1) is 21.4. The molecule has 252 valence electrons. The highest BCUT2D eigenvalue weighted by molar-refractivity contribution is 8.00. The van der Waals surface area contributed by atoms with E-state index >= 15 is 0 Å². The maximum atomic E-state index is 14.1. The summed E-state index contributed by atoms with van der Waals surface area (Å²) in [6.45, 7) is 16.1. The van der Waals surface area contributed by atoms with E-state index in [2.05, 4.69) is 36.1 Å². The van der Waals surface area contributed by atoms with Crippen LogP contribution in [0, 0.1) is 11.8 Å². The van der Waals surface area contributed by atoms with Gasteiger partial charge in [-0.15, -0.1) is 0 Å².